The molecule has 1 aromatic heterocycles. The zero-order valence-corrected chi connectivity index (χ0v) is 11.6. The van der Waals surface area contributed by atoms with E-state index in [-0.39, 0.29) is 6.61 Å². The summed E-state index contributed by atoms with van der Waals surface area (Å²) in [5, 5.41) is 7.89. The number of rotatable bonds is 5. The van der Waals surface area contributed by atoms with E-state index in [1.807, 2.05) is 30.3 Å². The summed E-state index contributed by atoms with van der Waals surface area (Å²) >= 11 is 0. The Morgan fingerprint density at radius 2 is 1.77 bits per heavy atom. The third kappa shape index (κ3) is 2.95. The van der Waals surface area contributed by atoms with Crippen LogP contribution in [0.5, 0.6) is 5.75 Å². The normalized spacial score (nSPS) is 10.4. The Kier molecular flexibility index (Phi) is 3.82. The third-order valence-corrected chi connectivity index (χ3v) is 2.99. The first-order valence-corrected chi connectivity index (χ1v) is 6.63. The van der Waals surface area contributed by atoms with Gasteiger partial charge in [0, 0.05) is 5.56 Å². The molecule has 6 heteroatoms. The SMILES string of the molecule is NC(=O)c1ccccc1OCc1nnc(-c2ccccc2)o1. The van der Waals surface area contributed by atoms with Gasteiger partial charge in [0.25, 0.3) is 11.8 Å². The van der Waals surface area contributed by atoms with Crippen LogP contribution >= 0.6 is 0 Å². The number of amides is 1. The molecule has 0 unspecified atom stereocenters. The van der Waals surface area contributed by atoms with Gasteiger partial charge >= 0.3 is 0 Å². The minimum Gasteiger partial charge on any atom is -0.483 e. The van der Waals surface area contributed by atoms with Crippen molar-refractivity contribution in [1.82, 2.24) is 10.2 Å². The van der Waals surface area contributed by atoms with Gasteiger partial charge in [0.2, 0.25) is 5.89 Å². The zero-order valence-electron chi connectivity index (χ0n) is 11.6. The molecule has 0 aliphatic carbocycles. The minimum absolute atomic E-state index is 0.0596. The molecule has 0 saturated heterocycles. The van der Waals surface area contributed by atoms with E-state index in [0.29, 0.717) is 23.1 Å². The van der Waals surface area contributed by atoms with Crippen LogP contribution in [0.3, 0.4) is 0 Å². The molecular formula is C16H13N3O3. The lowest BCUT2D eigenvalue weighted by Crippen LogP contribution is -2.12. The van der Waals surface area contributed by atoms with Crippen molar-refractivity contribution in [2.24, 2.45) is 5.73 Å². The van der Waals surface area contributed by atoms with Crippen LogP contribution in [-0.4, -0.2) is 16.1 Å². The molecule has 110 valence electrons. The maximum atomic E-state index is 11.3. The third-order valence-electron chi connectivity index (χ3n) is 2.99. The van der Waals surface area contributed by atoms with Gasteiger partial charge in [-0.25, -0.2) is 0 Å². The number of nitrogens with two attached hydrogens (primary N) is 1. The van der Waals surface area contributed by atoms with E-state index >= 15 is 0 Å². The van der Waals surface area contributed by atoms with Gasteiger partial charge in [0.05, 0.1) is 5.56 Å². The molecule has 2 N–H and O–H groups in total. The quantitative estimate of drug-likeness (QED) is 0.780. The van der Waals surface area contributed by atoms with Crippen LogP contribution in [0.1, 0.15) is 16.2 Å². The van der Waals surface area contributed by atoms with Crippen LogP contribution in [-0.2, 0) is 6.61 Å². The molecule has 0 aliphatic heterocycles. The van der Waals surface area contributed by atoms with Crippen molar-refractivity contribution in [2.45, 2.75) is 6.61 Å². The highest BCUT2D eigenvalue weighted by atomic mass is 16.5. The van der Waals surface area contributed by atoms with Crippen LogP contribution in [0.4, 0.5) is 0 Å². The summed E-state index contributed by atoms with van der Waals surface area (Å²) in [5.74, 6) is 0.570. The minimum atomic E-state index is -0.550. The Labute approximate surface area is 126 Å². The molecule has 0 bridgehead atoms. The number of aromatic nitrogens is 2. The number of ether oxygens (including phenoxy) is 1. The number of primary amides is 1. The average molecular weight is 295 g/mol. The van der Waals surface area contributed by atoms with Crippen molar-refractivity contribution in [2.75, 3.05) is 0 Å². The summed E-state index contributed by atoms with van der Waals surface area (Å²) in [4.78, 5) is 11.3. The topological polar surface area (TPSA) is 91.2 Å². The summed E-state index contributed by atoms with van der Waals surface area (Å²) in [5.41, 5.74) is 6.44. The van der Waals surface area contributed by atoms with Crippen molar-refractivity contribution in [1.29, 1.82) is 0 Å². The van der Waals surface area contributed by atoms with Gasteiger partial charge in [-0.05, 0) is 24.3 Å². The van der Waals surface area contributed by atoms with Crippen LogP contribution < -0.4 is 10.5 Å². The fourth-order valence-corrected chi connectivity index (χ4v) is 1.94. The number of carbonyl (C=O) groups is 1. The molecule has 3 aromatic rings. The lowest BCUT2D eigenvalue weighted by Gasteiger charge is -2.06. The molecule has 1 heterocycles. The van der Waals surface area contributed by atoms with Gasteiger partial charge in [0.1, 0.15) is 5.75 Å². The molecule has 3 rings (SSSR count). The number of hydrogen-bond acceptors (Lipinski definition) is 5. The van der Waals surface area contributed by atoms with Crippen LogP contribution in [0.2, 0.25) is 0 Å². The van der Waals surface area contributed by atoms with Crippen molar-refractivity contribution in [3.8, 4) is 17.2 Å². The van der Waals surface area contributed by atoms with E-state index in [9.17, 15) is 4.79 Å². The van der Waals surface area contributed by atoms with Crippen molar-refractivity contribution < 1.29 is 13.9 Å². The monoisotopic (exact) mass is 295 g/mol. The molecule has 6 nitrogen and oxygen atoms in total. The molecule has 0 aliphatic rings. The van der Waals surface area contributed by atoms with E-state index in [4.69, 9.17) is 14.9 Å². The maximum absolute atomic E-state index is 11.3. The van der Waals surface area contributed by atoms with Crippen molar-refractivity contribution in [3.05, 3.63) is 66.1 Å². The predicted octanol–water partition coefficient (Wildman–Crippen LogP) is 2.41. The van der Waals surface area contributed by atoms with E-state index < -0.39 is 5.91 Å². The molecule has 0 radical (unpaired) electrons. The van der Waals surface area contributed by atoms with Gasteiger partial charge in [0.15, 0.2) is 6.61 Å². The summed E-state index contributed by atoms with van der Waals surface area (Å²) in [6.07, 6.45) is 0. The first kappa shape index (κ1) is 13.8. The molecule has 0 saturated carbocycles. The van der Waals surface area contributed by atoms with Crippen LogP contribution in [0, 0.1) is 0 Å². The Balaban J connectivity index is 1.73. The van der Waals surface area contributed by atoms with E-state index in [2.05, 4.69) is 10.2 Å². The zero-order chi connectivity index (χ0) is 15.4. The van der Waals surface area contributed by atoms with Crippen LogP contribution in [0.25, 0.3) is 11.5 Å². The first-order chi connectivity index (χ1) is 10.7. The van der Waals surface area contributed by atoms with E-state index in [0.717, 1.165) is 5.56 Å². The maximum Gasteiger partial charge on any atom is 0.254 e. The van der Waals surface area contributed by atoms with Gasteiger partial charge in [-0.3, -0.25) is 4.79 Å². The number of benzene rings is 2. The fraction of sp³-hybridized carbons (Fsp3) is 0.0625. The van der Waals surface area contributed by atoms with Gasteiger partial charge in [-0.1, -0.05) is 30.3 Å². The second-order valence-electron chi connectivity index (χ2n) is 4.52. The highest BCUT2D eigenvalue weighted by molar-refractivity contribution is 5.95. The average Bonchev–Trinajstić information content (AvgIpc) is 3.03. The van der Waals surface area contributed by atoms with Crippen molar-refractivity contribution in [3.63, 3.8) is 0 Å². The number of nitrogens with zero attached hydrogens (tertiary/aromatic N) is 2. The fourth-order valence-electron chi connectivity index (χ4n) is 1.94. The Morgan fingerprint density at radius 1 is 1.05 bits per heavy atom. The van der Waals surface area contributed by atoms with E-state index in [1.165, 1.54) is 0 Å². The standard InChI is InChI=1S/C16H13N3O3/c17-15(20)12-8-4-5-9-13(12)21-10-14-18-19-16(22-14)11-6-2-1-3-7-11/h1-9H,10H2,(H2,17,20). The number of hydrogen-bond donors (Lipinski definition) is 1. The van der Waals surface area contributed by atoms with Crippen molar-refractivity contribution >= 4 is 5.91 Å². The second kappa shape index (κ2) is 6.09. The predicted molar refractivity (Wildman–Crippen MR) is 79.0 cm³/mol. The number of para-hydroxylation sites is 1. The first-order valence-electron chi connectivity index (χ1n) is 6.63. The summed E-state index contributed by atoms with van der Waals surface area (Å²) in [6.45, 7) is 0.0596. The summed E-state index contributed by atoms with van der Waals surface area (Å²) < 4.78 is 11.1. The molecule has 1 amide bonds. The summed E-state index contributed by atoms with van der Waals surface area (Å²) in [7, 11) is 0. The summed E-state index contributed by atoms with van der Waals surface area (Å²) in [6, 6.07) is 16.2. The highest BCUT2D eigenvalue weighted by Crippen LogP contribution is 2.20. The second-order valence-corrected chi connectivity index (χ2v) is 4.52. The molecular weight excluding hydrogens is 282 g/mol. The molecule has 2 aromatic carbocycles. The van der Waals surface area contributed by atoms with Gasteiger partial charge < -0.3 is 14.9 Å². The lowest BCUT2D eigenvalue weighted by atomic mass is 10.2. The Morgan fingerprint density at radius 3 is 2.55 bits per heavy atom. The molecule has 0 spiro atoms. The largest absolute Gasteiger partial charge is 0.483 e. The Bertz CT molecular complexity index is 784. The van der Waals surface area contributed by atoms with Gasteiger partial charge in [-0.15, -0.1) is 10.2 Å². The molecule has 0 fully saturated rings. The van der Waals surface area contributed by atoms with Crippen LogP contribution in [0.15, 0.2) is 59.0 Å². The van der Waals surface area contributed by atoms with E-state index in [1.54, 1.807) is 24.3 Å². The smallest absolute Gasteiger partial charge is 0.254 e. The molecule has 22 heavy (non-hydrogen) atoms. The number of carbonyl (C=O) groups excluding carboxylic acids is 1. The molecule has 0 atom stereocenters. The lowest BCUT2D eigenvalue weighted by molar-refractivity contribution is 0.0995. The van der Waals surface area contributed by atoms with Gasteiger partial charge in [-0.2, -0.15) is 0 Å². The highest BCUT2D eigenvalue weighted by Gasteiger charge is 2.12. The Hall–Kier alpha value is -3.15.